The van der Waals surface area contributed by atoms with Crippen molar-refractivity contribution in [3.63, 3.8) is 0 Å². The van der Waals surface area contributed by atoms with Gasteiger partial charge in [0.2, 0.25) is 0 Å². The van der Waals surface area contributed by atoms with E-state index in [4.69, 9.17) is 5.73 Å². The molecule has 1 aliphatic rings. The minimum atomic E-state index is -0.250. The van der Waals surface area contributed by atoms with E-state index in [0.717, 1.165) is 6.42 Å². The first-order valence-corrected chi connectivity index (χ1v) is 3.57. The second kappa shape index (κ2) is 7.00. The normalized spacial score (nSPS) is 13.5. The number of nitrogens with one attached hydrogen (secondary N) is 1. The third-order valence-corrected chi connectivity index (χ3v) is 0.655. The Morgan fingerprint density at radius 2 is 1.45 bits per heavy atom. The third-order valence-electron chi connectivity index (χ3n) is 0.655. The van der Waals surface area contributed by atoms with E-state index in [1.165, 1.54) is 0 Å². The van der Waals surface area contributed by atoms with Crippen LogP contribution in [0.3, 0.4) is 0 Å². The largest absolute Gasteiger partial charge is 1.00 e. The molecule has 0 saturated carbocycles. The number of allylic oxidation sites excluding steroid dienone is 4. The molecule has 66 valence electrons. The van der Waals surface area contributed by atoms with Crippen molar-refractivity contribution in [3.8, 4) is 0 Å². The van der Waals surface area contributed by atoms with Gasteiger partial charge in [-0.25, -0.2) is 0 Å². The summed E-state index contributed by atoms with van der Waals surface area (Å²) in [5.74, 6) is 0. The van der Waals surface area contributed by atoms with Crippen LogP contribution in [0.4, 0.5) is 0 Å². The van der Waals surface area contributed by atoms with Crippen LogP contribution in [0.1, 0.15) is 30.0 Å². The average molecular weight is 231 g/mol. The van der Waals surface area contributed by atoms with Gasteiger partial charge in [0.05, 0.1) is 0 Å². The number of hydrogen-bond donors (Lipinski definition) is 0. The minimum absolute atomic E-state index is 0. The van der Waals surface area contributed by atoms with Crippen LogP contribution in [0.15, 0.2) is 24.3 Å². The Hall–Kier alpha value is 0.323. The molecule has 1 aliphatic carbocycles. The fourth-order valence-corrected chi connectivity index (χ4v) is 0.393. The van der Waals surface area contributed by atoms with Crippen molar-refractivity contribution in [2.45, 2.75) is 32.7 Å². The zero-order valence-corrected chi connectivity index (χ0v) is 9.97. The molecule has 0 unspecified atom stereocenters. The van der Waals surface area contributed by atoms with Gasteiger partial charge < -0.3 is 8.59 Å². The standard InChI is InChI=1S/C5H6.C4H10N.Zr.2H/c1-2-4-5-3-1;1-4(2,3)5;;;/h1-4H,5H2;5H,1-3H3;;;/q;-1;;2*-1. The maximum Gasteiger partial charge on any atom is 0 e. The van der Waals surface area contributed by atoms with Crippen LogP contribution in [0, 0.1) is 0 Å². The molecule has 0 saturated heterocycles. The van der Waals surface area contributed by atoms with E-state index in [1.807, 2.05) is 20.8 Å². The second-order valence-corrected chi connectivity index (χ2v) is 3.34. The zero-order chi connectivity index (χ0) is 8.04. The first-order valence-electron chi connectivity index (χ1n) is 3.57. The molecule has 11 heavy (non-hydrogen) atoms. The molecule has 0 aromatic heterocycles. The smallest absolute Gasteiger partial charge is 0 e. The van der Waals surface area contributed by atoms with E-state index >= 15 is 0 Å². The molecule has 0 aromatic carbocycles. The van der Waals surface area contributed by atoms with Gasteiger partial charge in [0.25, 0.3) is 0 Å². The first-order chi connectivity index (χ1) is 4.50. The van der Waals surface area contributed by atoms with E-state index in [-0.39, 0.29) is 34.6 Å². The monoisotopic (exact) mass is 230 g/mol. The molecular weight excluding hydrogens is 213 g/mol. The van der Waals surface area contributed by atoms with Crippen LogP contribution in [-0.2, 0) is 26.2 Å². The van der Waals surface area contributed by atoms with Gasteiger partial charge in [0.1, 0.15) is 0 Å². The maximum atomic E-state index is 6.94. The number of rotatable bonds is 0. The molecule has 0 atom stereocenters. The van der Waals surface area contributed by atoms with E-state index in [9.17, 15) is 0 Å². The van der Waals surface area contributed by atoms with Crippen molar-refractivity contribution >= 4 is 0 Å². The van der Waals surface area contributed by atoms with Crippen molar-refractivity contribution in [2.75, 3.05) is 0 Å². The van der Waals surface area contributed by atoms with Crippen molar-refractivity contribution in [1.82, 2.24) is 0 Å². The fraction of sp³-hybridized carbons (Fsp3) is 0.556. The van der Waals surface area contributed by atoms with Crippen LogP contribution in [0.2, 0.25) is 0 Å². The Balaban J connectivity index is -0.0000000506. The summed E-state index contributed by atoms with van der Waals surface area (Å²) in [4.78, 5) is 0. The van der Waals surface area contributed by atoms with Gasteiger partial charge >= 0.3 is 0 Å². The molecule has 1 rings (SSSR count). The van der Waals surface area contributed by atoms with E-state index < -0.39 is 0 Å². The van der Waals surface area contributed by atoms with Crippen molar-refractivity contribution in [1.29, 1.82) is 0 Å². The van der Waals surface area contributed by atoms with E-state index in [1.54, 1.807) is 0 Å². The van der Waals surface area contributed by atoms with Gasteiger partial charge in [0, 0.05) is 26.2 Å². The summed E-state index contributed by atoms with van der Waals surface area (Å²) in [6.45, 7) is 5.56. The molecule has 0 heterocycles. The van der Waals surface area contributed by atoms with Gasteiger partial charge in [-0.2, -0.15) is 0 Å². The van der Waals surface area contributed by atoms with Gasteiger partial charge in [0.15, 0.2) is 0 Å². The molecule has 0 bridgehead atoms. The van der Waals surface area contributed by atoms with E-state index in [2.05, 4.69) is 24.3 Å². The summed E-state index contributed by atoms with van der Waals surface area (Å²) in [5, 5.41) is 0. The quantitative estimate of drug-likeness (QED) is 0.609. The Bertz CT molecular complexity index is 123. The summed E-state index contributed by atoms with van der Waals surface area (Å²) in [6.07, 6.45) is 9.50. The van der Waals surface area contributed by atoms with E-state index in [0.29, 0.717) is 0 Å². The molecule has 0 fully saturated rings. The molecule has 2 heteroatoms. The predicted octanol–water partition coefficient (Wildman–Crippen LogP) is 3.56. The second-order valence-electron chi connectivity index (χ2n) is 3.34. The topological polar surface area (TPSA) is 23.8 Å². The number of hydrogen-bond acceptors (Lipinski definition) is 0. The van der Waals surface area contributed by atoms with Crippen LogP contribution in [-0.4, -0.2) is 5.54 Å². The first kappa shape index (κ1) is 13.9. The van der Waals surface area contributed by atoms with Crippen molar-refractivity contribution in [3.05, 3.63) is 30.0 Å². The average Bonchev–Trinajstić information content (AvgIpc) is 2.07. The van der Waals surface area contributed by atoms with Gasteiger partial charge in [-0.3, -0.25) is 0 Å². The van der Waals surface area contributed by atoms with Crippen LogP contribution in [0.5, 0.6) is 0 Å². The van der Waals surface area contributed by atoms with Crippen LogP contribution in [0.25, 0.3) is 5.73 Å². The zero-order valence-electron chi connectivity index (χ0n) is 9.52. The molecule has 1 nitrogen and oxygen atoms in total. The molecule has 0 radical (unpaired) electrons. The minimum Gasteiger partial charge on any atom is -1.00 e. The van der Waals surface area contributed by atoms with Crippen molar-refractivity contribution < 1.29 is 29.1 Å². The summed E-state index contributed by atoms with van der Waals surface area (Å²) >= 11 is 0. The Labute approximate surface area is 91.8 Å². The van der Waals surface area contributed by atoms with Gasteiger partial charge in [-0.05, 0) is 6.42 Å². The molecule has 0 amide bonds. The SMILES string of the molecule is C1=CCC=C1.CC(C)(C)[NH-].[H-].[H-].[Zr]. The molecule has 0 spiro atoms. The van der Waals surface area contributed by atoms with Crippen LogP contribution >= 0.6 is 0 Å². The maximum absolute atomic E-state index is 6.94. The molecular formula is C9H18NZr-3. The van der Waals surface area contributed by atoms with Crippen molar-refractivity contribution in [2.24, 2.45) is 0 Å². The summed E-state index contributed by atoms with van der Waals surface area (Å²) in [5.41, 5.74) is 6.69. The molecule has 0 aliphatic heterocycles. The van der Waals surface area contributed by atoms with Gasteiger partial charge in [-0.15, -0.1) is 5.54 Å². The Morgan fingerprint density at radius 3 is 1.55 bits per heavy atom. The van der Waals surface area contributed by atoms with Crippen LogP contribution < -0.4 is 0 Å². The van der Waals surface area contributed by atoms with Gasteiger partial charge in [-0.1, -0.05) is 45.1 Å². The Morgan fingerprint density at radius 1 is 1.18 bits per heavy atom. The summed E-state index contributed by atoms with van der Waals surface area (Å²) < 4.78 is 0. The summed E-state index contributed by atoms with van der Waals surface area (Å²) in [6, 6.07) is 0. The molecule has 0 aromatic rings. The molecule has 1 N–H and O–H groups in total. The predicted molar refractivity (Wildman–Crippen MR) is 49.2 cm³/mol. The third kappa shape index (κ3) is 25.2. The summed E-state index contributed by atoms with van der Waals surface area (Å²) in [7, 11) is 0. The fourth-order valence-electron chi connectivity index (χ4n) is 0.393. The Kier molecular flexibility index (Phi) is 8.83.